The molecular formula is C13H9ClN2S2. The van der Waals surface area contributed by atoms with Gasteiger partial charge >= 0.3 is 0 Å². The molecule has 3 aromatic heterocycles. The Labute approximate surface area is 117 Å². The fourth-order valence-corrected chi connectivity index (χ4v) is 4.71. The Morgan fingerprint density at radius 1 is 1.22 bits per heavy atom. The molecule has 0 saturated heterocycles. The maximum absolute atomic E-state index is 6.36. The van der Waals surface area contributed by atoms with Crippen molar-refractivity contribution in [3.05, 3.63) is 32.4 Å². The number of fused-ring (bicyclic) bond motifs is 3. The first-order chi connectivity index (χ1) is 8.83. The van der Waals surface area contributed by atoms with E-state index in [1.807, 2.05) is 11.4 Å². The van der Waals surface area contributed by atoms with Crippen LogP contribution >= 0.6 is 34.3 Å². The van der Waals surface area contributed by atoms with Crippen LogP contribution in [0.5, 0.6) is 0 Å². The van der Waals surface area contributed by atoms with Crippen LogP contribution in [0.2, 0.25) is 5.15 Å². The zero-order valence-corrected chi connectivity index (χ0v) is 11.8. The number of hydrogen-bond donors (Lipinski definition) is 0. The van der Waals surface area contributed by atoms with Gasteiger partial charge in [0.2, 0.25) is 0 Å². The van der Waals surface area contributed by atoms with E-state index in [0.717, 1.165) is 28.0 Å². The summed E-state index contributed by atoms with van der Waals surface area (Å²) in [5, 5.41) is 5.79. The number of halogens is 1. The monoisotopic (exact) mass is 292 g/mol. The second-order valence-electron chi connectivity index (χ2n) is 4.39. The molecule has 3 aromatic rings. The SMILES string of the molecule is Clc1nc(-c2ccsc2)nc2sc3c(c12)CCC3. The minimum atomic E-state index is 0.612. The normalized spacial score (nSPS) is 14.3. The maximum Gasteiger partial charge on any atom is 0.163 e. The van der Waals surface area contributed by atoms with Crippen LogP contribution in [-0.4, -0.2) is 9.97 Å². The van der Waals surface area contributed by atoms with Gasteiger partial charge in [-0.15, -0.1) is 11.3 Å². The highest BCUT2D eigenvalue weighted by Gasteiger charge is 2.21. The summed E-state index contributed by atoms with van der Waals surface area (Å²) in [7, 11) is 0. The average Bonchev–Trinajstić information content (AvgIpc) is 3.04. The second kappa shape index (κ2) is 4.02. The Kier molecular flexibility index (Phi) is 2.43. The maximum atomic E-state index is 6.36. The zero-order valence-electron chi connectivity index (χ0n) is 9.44. The Morgan fingerprint density at radius 2 is 2.17 bits per heavy atom. The summed E-state index contributed by atoms with van der Waals surface area (Å²) in [5.74, 6) is 0.744. The lowest BCUT2D eigenvalue weighted by Gasteiger charge is -2.00. The lowest BCUT2D eigenvalue weighted by Crippen LogP contribution is -1.89. The molecule has 0 amide bonds. The second-order valence-corrected chi connectivity index (χ2v) is 6.61. The number of aryl methyl sites for hydroxylation is 2. The van der Waals surface area contributed by atoms with Crippen molar-refractivity contribution in [1.29, 1.82) is 0 Å². The van der Waals surface area contributed by atoms with E-state index in [-0.39, 0.29) is 0 Å². The largest absolute Gasteiger partial charge is 0.217 e. The van der Waals surface area contributed by atoms with Crippen molar-refractivity contribution < 1.29 is 0 Å². The van der Waals surface area contributed by atoms with Crippen molar-refractivity contribution in [2.24, 2.45) is 0 Å². The highest BCUT2D eigenvalue weighted by atomic mass is 35.5. The third kappa shape index (κ3) is 1.53. The van der Waals surface area contributed by atoms with Crippen molar-refractivity contribution in [1.82, 2.24) is 9.97 Å². The molecule has 0 radical (unpaired) electrons. The summed E-state index contributed by atoms with van der Waals surface area (Å²) < 4.78 is 0. The molecular weight excluding hydrogens is 284 g/mol. The minimum absolute atomic E-state index is 0.612. The van der Waals surface area contributed by atoms with Gasteiger partial charge in [-0.3, -0.25) is 0 Å². The Morgan fingerprint density at radius 3 is 3.00 bits per heavy atom. The third-order valence-electron chi connectivity index (χ3n) is 3.30. The van der Waals surface area contributed by atoms with Gasteiger partial charge in [0.1, 0.15) is 9.98 Å². The van der Waals surface area contributed by atoms with Gasteiger partial charge in [0.15, 0.2) is 5.82 Å². The van der Waals surface area contributed by atoms with Crippen molar-refractivity contribution in [3.63, 3.8) is 0 Å². The van der Waals surface area contributed by atoms with Crippen molar-refractivity contribution in [3.8, 4) is 11.4 Å². The van der Waals surface area contributed by atoms with Gasteiger partial charge in [0.05, 0.1) is 5.39 Å². The number of thiophene rings is 2. The first kappa shape index (κ1) is 10.9. The van der Waals surface area contributed by atoms with Crippen molar-refractivity contribution >= 4 is 44.5 Å². The van der Waals surface area contributed by atoms with Gasteiger partial charge in [-0.1, -0.05) is 11.6 Å². The highest BCUT2D eigenvalue weighted by Crippen LogP contribution is 2.40. The molecule has 1 aliphatic carbocycles. The van der Waals surface area contributed by atoms with Gasteiger partial charge in [0, 0.05) is 15.8 Å². The molecule has 90 valence electrons. The molecule has 0 unspecified atom stereocenters. The van der Waals surface area contributed by atoms with Crippen LogP contribution in [0.3, 0.4) is 0 Å². The fourth-order valence-electron chi connectivity index (χ4n) is 2.47. The van der Waals surface area contributed by atoms with E-state index in [2.05, 4.69) is 15.3 Å². The third-order valence-corrected chi connectivity index (χ3v) is 5.44. The van der Waals surface area contributed by atoms with Gasteiger partial charge < -0.3 is 0 Å². The number of hydrogen-bond acceptors (Lipinski definition) is 4. The molecule has 2 nitrogen and oxygen atoms in total. The molecule has 0 bridgehead atoms. The lowest BCUT2D eigenvalue weighted by atomic mass is 10.2. The number of aromatic nitrogens is 2. The van der Waals surface area contributed by atoms with Gasteiger partial charge in [-0.25, -0.2) is 9.97 Å². The topological polar surface area (TPSA) is 25.8 Å². The fraction of sp³-hybridized carbons (Fsp3) is 0.231. The number of nitrogens with zero attached hydrogens (tertiary/aromatic N) is 2. The summed E-state index contributed by atoms with van der Waals surface area (Å²) in [6.07, 6.45) is 3.52. The molecule has 4 rings (SSSR count). The molecule has 0 atom stereocenters. The first-order valence-corrected chi connectivity index (χ1v) is 7.97. The predicted octanol–water partition coefficient (Wildman–Crippen LogP) is 4.56. The average molecular weight is 293 g/mol. The Balaban J connectivity index is 2.00. The van der Waals surface area contributed by atoms with Gasteiger partial charge in [-0.2, -0.15) is 11.3 Å². The first-order valence-electron chi connectivity index (χ1n) is 5.83. The molecule has 0 spiro atoms. The summed E-state index contributed by atoms with van der Waals surface area (Å²) in [4.78, 5) is 11.6. The summed E-state index contributed by atoms with van der Waals surface area (Å²) in [5.41, 5.74) is 2.44. The zero-order chi connectivity index (χ0) is 12.1. The Hall–Kier alpha value is -0.970. The van der Waals surface area contributed by atoms with Crippen molar-refractivity contribution in [2.75, 3.05) is 0 Å². The van der Waals surface area contributed by atoms with Crippen LogP contribution < -0.4 is 0 Å². The lowest BCUT2D eigenvalue weighted by molar-refractivity contribution is 0.917. The van der Waals surface area contributed by atoms with Crippen LogP contribution in [0.1, 0.15) is 16.9 Å². The molecule has 1 aliphatic rings. The summed E-state index contributed by atoms with van der Waals surface area (Å²) in [6.45, 7) is 0. The molecule has 0 aromatic carbocycles. The number of rotatable bonds is 1. The summed E-state index contributed by atoms with van der Waals surface area (Å²) >= 11 is 9.79. The molecule has 3 heterocycles. The predicted molar refractivity (Wildman–Crippen MR) is 77.8 cm³/mol. The quantitative estimate of drug-likeness (QED) is 0.614. The van der Waals surface area contributed by atoms with Gasteiger partial charge in [0.25, 0.3) is 0 Å². The van der Waals surface area contributed by atoms with Crippen LogP contribution in [0.15, 0.2) is 16.8 Å². The van der Waals surface area contributed by atoms with Crippen LogP contribution in [-0.2, 0) is 12.8 Å². The molecule has 0 N–H and O–H groups in total. The van der Waals surface area contributed by atoms with E-state index in [4.69, 9.17) is 11.6 Å². The summed E-state index contributed by atoms with van der Waals surface area (Å²) in [6, 6.07) is 2.03. The minimum Gasteiger partial charge on any atom is -0.217 e. The van der Waals surface area contributed by atoms with E-state index in [1.165, 1.54) is 23.3 Å². The highest BCUT2D eigenvalue weighted by molar-refractivity contribution is 7.19. The standard InChI is InChI=1S/C13H9ClN2S2/c14-11-10-8-2-1-3-9(8)18-13(10)16-12(15-11)7-4-5-17-6-7/h4-6H,1-3H2. The molecule has 5 heteroatoms. The molecule has 0 fully saturated rings. The van der Waals surface area contributed by atoms with Crippen molar-refractivity contribution in [2.45, 2.75) is 19.3 Å². The van der Waals surface area contributed by atoms with E-state index in [0.29, 0.717) is 5.15 Å². The molecule has 18 heavy (non-hydrogen) atoms. The van der Waals surface area contributed by atoms with Gasteiger partial charge in [-0.05, 0) is 36.3 Å². The van der Waals surface area contributed by atoms with E-state index >= 15 is 0 Å². The van der Waals surface area contributed by atoms with E-state index in [1.54, 1.807) is 22.7 Å². The Bertz CT molecular complexity index is 731. The van der Waals surface area contributed by atoms with Crippen LogP contribution in [0.25, 0.3) is 21.6 Å². The van der Waals surface area contributed by atoms with Crippen LogP contribution in [0, 0.1) is 0 Å². The molecule has 0 saturated carbocycles. The van der Waals surface area contributed by atoms with Crippen LogP contribution in [0.4, 0.5) is 0 Å². The molecule has 0 aliphatic heterocycles. The van der Waals surface area contributed by atoms with E-state index in [9.17, 15) is 0 Å². The smallest absolute Gasteiger partial charge is 0.163 e. The van der Waals surface area contributed by atoms with E-state index < -0.39 is 0 Å².